The Bertz CT molecular complexity index is 658. The third-order valence-electron chi connectivity index (χ3n) is 2.96. The van der Waals surface area contributed by atoms with Crippen LogP contribution in [-0.2, 0) is 0 Å². The first kappa shape index (κ1) is 14.8. The molecule has 0 amide bonds. The van der Waals surface area contributed by atoms with Crippen molar-refractivity contribution in [1.82, 2.24) is 0 Å². The van der Waals surface area contributed by atoms with Crippen LogP contribution in [0.3, 0.4) is 0 Å². The zero-order valence-electron chi connectivity index (χ0n) is 11.1. The van der Waals surface area contributed by atoms with Crippen molar-refractivity contribution < 1.29 is 4.39 Å². The van der Waals surface area contributed by atoms with Gasteiger partial charge in [0.25, 0.3) is 0 Å². The van der Waals surface area contributed by atoms with E-state index in [1.807, 2.05) is 32.0 Å². The van der Waals surface area contributed by atoms with Crippen LogP contribution in [0.15, 0.2) is 36.4 Å². The van der Waals surface area contributed by atoms with Gasteiger partial charge in [-0.2, -0.15) is 0 Å². The van der Waals surface area contributed by atoms with Crippen LogP contribution >= 0.6 is 23.8 Å². The lowest BCUT2D eigenvalue weighted by molar-refractivity contribution is 0.632. The molecule has 2 aromatic rings. The molecular formula is C15H14ClFN2S. The van der Waals surface area contributed by atoms with Gasteiger partial charge in [-0.15, -0.1) is 0 Å². The standard InChI is InChI=1S/C15H14ClFN2S/c1-9-6-7-11(8-10(9)2)18-15(20)19-13-5-3-4-12(16)14(13)17/h3-8H,1-2H3,(H2,18,19,20). The van der Waals surface area contributed by atoms with Gasteiger partial charge in [0.2, 0.25) is 0 Å². The van der Waals surface area contributed by atoms with Crippen molar-refractivity contribution in [1.29, 1.82) is 0 Å². The van der Waals surface area contributed by atoms with E-state index in [1.165, 1.54) is 11.6 Å². The Balaban J connectivity index is 2.09. The molecule has 0 heterocycles. The lowest BCUT2D eigenvalue weighted by Gasteiger charge is -2.12. The second-order valence-corrected chi connectivity index (χ2v) is 5.29. The number of rotatable bonds is 2. The SMILES string of the molecule is Cc1ccc(NC(=S)Nc2cccc(Cl)c2F)cc1C. The average molecular weight is 309 g/mol. The Morgan fingerprint density at radius 2 is 1.85 bits per heavy atom. The average Bonchev–Trinajstić information content (AvgIpc) is 2.39. The molecule has 2 N–H and O–H groups in total. The van der Waals surface area contributed by atoms with E-state index >= 15 is 0 Å². The van der Waals surface area contributed by atoms with Crippen molar-refractivity contribution in [3.63, 3.8) is 0 Å². The highest BCUT2D eigenvalue weighted by atomic mass is 35.5. The smallest absolute Gasteiger partial charge is 0.175 e. The quantitative estimate of drug-likeness (QED) is 0.771. The first-order valence-electron chi connectivity index (χ1n) is 6.06. The molecular weight excluding hydrogens is 295 g/mol. The van der Waals surface area contributed by atoms with Crippen LogP contribution in [-0.4, -0.2) is 5.11 Å². The highest BCUT2D eigenvalue weighted by Crippen LogP contribution is 2.22. The molecule has 0 aliphatic rings. The third kappa shape index (κ3) is 3.46. The highest BCUT2D eigenvalue weighted by molar-refractivity contribution is 7.80. The second-order valence-electron chi connectivity index (χ2n) is 4.48. The number of nitrogens with one attached hydrogen (secondary N) is 2. The van der Waals surface area contributed by atoms with Gasteiger partial charge in [-0.3, -0.25) is 0 Å². The number of halogens is 2. The summed E-state index contributed by atoms with van der Waals surface area (Å²) in [5.41, 5.74) is 3.47. The Morgan fingerprint density at radius 3 is 2.55 bits per heavy atom. The minimum atomic E-state index is -0.515. The van der Waals surface area contributed by atoms with Crippen LogP contribution in [0.2, 0.25) is 5.02 Å². The topological polar surface area (TPSA) is 24.1 Å². The van der Waals surface area contributed by atoms with Gasteiger partial charge >= 0.3 is 0 Å². The fourth-order valence-electron chi connectivity index (χ4n) is 1.70. The van der Waals surface area contributed by atoms with Crippen LogP contribution in [0.1, 0.15) is 11.1 Å². The summed E-state index contributed by atoms with van der Waals surface area (Å²) in [6.07, 6.45) is 0. The molecule has 0 saturated heterocycles. The summed E-state index contributed by atoms with van der Waals surface area (Å²) >= 11 is 10.9. The van der Waals surface area contributed by atoms with Gasteiger partial charge in [0.05, 0.1) is 10.7 Å². The van der Waals surface area contributed by atoms with Crippen LogP contribution in [0.5, 0.6) is 0 Å². The number of hydrogen-bond acceptors (Lipinski definition) is 1. The fourth-order valence-corrected chi connectivity index (χ4v) is 2.11. The van der Waals surface area contributed by atoms with E-state index in [2.05, 4.69) is 10.6 Å². The van der Waals surface area contributed by atoms with E-state index in [1.54, 1.807) is 12.1 Å². The maximum Gasteiger partial charge on any atom is 0.175 e. The van der Waals surface area contributed by atoms with Crippen molar-refractivity contribution in [2.24, 2.45) is 0 Å². The van der Waals surface area contributed by atoms with Crippen molar-refractivity contribution >= 4 is 40.3 Å². The van der Waals surface area contributed by atoms with Gasteiger partial charge in [-0.05, 0) is 61.5 Å². The largest absolute Gasteiger partial charge is 0.332 e. The maximum absolute atomic E-state index is 13.7. The molecule has 0 radical (unpaired) electrons. The van der Waals surface area contributed by atoms with Gasteiger partial charge in [0, 0.05) is 5.69 Å². The van der Waals surface area contributed by atoms with Crippen LogP contribution in [0, 0.1) is 19.7 Å². The zero-order valence-corrected chi connectivity index (χ0v) is 12.7. The molecule has 20 heavy (non-hydrogen) atoms. The first-order valence-corrected chi connectivity index (χ1v) is 6.85. The van der Waals surface area contributed by atoms with Crippen LogP contribution < -0.4 is 10.6 Å². The van der Waals surface area contributed by atoms with E-state index in [0.29, 0.717) is 5.11 Å². The van der Waals surface area contributed by atoms with Crippen molar-refractivity contribution in [3.8, 4) is 0 Å². The Kier molecular flexibility index (Phi) is 4.57. The molecule has 5 heteroatoms. The molecule has 2 nitrogen and oxygen atoms in total. The van der Waals surface area contributed by atoms with E-state index in [4.69, 9.17) is 23.8 Å². The third-order valence-corrected chi connectivity index (χ3v) is 3.46. The Morgan fingerprint density at radius 1 is 1.10 bits per heavy atom. The molecule has 0 spiro atoms. The normalized spacial score (nSPS) is 10.2. The molecule has 104 valence electrons. The van der Waals surface area contributed by atoms with Crippen molar-refractivity contribution in [2.45, 2.75) is 13.8 Å². The van der Waals surface area contributed by atoms with Gasteiger partial charge in [0.1, 0.15) is 0 Å². The molecule has 0 saturated carbocycles. The van der Waals surface area contributed by atoms with E-state index < -0.39 is 5.82 Å². The summed E-state index contributed by atoms with van der Waals surface area (Å²) < 4.78 is 13.7. The predicted octanol–water partition coefficient (Wildman–Crippen LogP) is 4.90. The summed E-state index contributed by atoms with van der Waals surface area (Å²) in [6, 6.07) is 10.6. The maximum atomic E-state index is 13.7. The van der Waals surface area contributed by atoms with Crippen molar-refractivity contribution in [3.05, 3.63) is 58.4 Å². The monoisotopic (exact) mass is 308 g/mol. The molecule has 0 unspecified atom stereocenters. The van der Waals surface area contributed by atoms with E-state index in [-0.39, 0.29) is 10.7 Å². The molecule has 2 rings (SSSR count). The van der Waals surface area contributed by atoms with Gasteiger partial charge < -0.3 is 10.6 Å². The molecule has 0 fully saturated rings. The fraction of sp³-hybridized carbons (Fsp3) is 0.133. The van der Waals surface area contributed by atoms with Crippen molar-refractivity contribution in [2.75, 3.05) is 10.6 Å². The summed E-state index contributed by atoms with van der Waals surface area (Å²) in [5.74, 6) is -0.515. The van der Waals surface area contributed by atoms with E-state index in [0.717, 1.165) is 11.3 Å². The number of aryl methyl sites for hydroxylation is 2. The highest BCUT2D eigenvalue weighted by Gasteiger charge is 2.07. The molecule has 0 atom stereocenters. The lowest BCUT2D eigenvalue weighted by Crippen LogP contribution is -2.19. The molecule has 2 aromatic carbocycles. The second kappa shape index (κ2) is 6.20. The van der Waals surface area contributed by atoms with Gasteiger partial charge in [-0.25, -0.2) is 4.39 Å². The lowest BCUT2D eigenvalue weighted by atomic mass is 10.1. The molecule has 0 bridgehead atoms. The number of thiocarbonyl (C=S) groups is 1. The number of benzene rings is 2. The van der Waals surface area contributed by atoms with E-state index in [9.17, 15) is 4.39 Å². The summed E-state index contributed by atoms with van der Waals surface area (Å²) in [4.78, 5) is 0. The van der Waals surface area contributed by atoms with Crippen LogP contribution in [0.4, 0.5) is 15.8 Å². The summed E-state index contributed by atoms with van der Waals surface area (Å²) in [6.45, 7) is 4.06. The minimum absolute atomic E-state index is 0.0592. The van der Waals surface area contributed by atoms with Gasteiger partial charge in [-0.1, -0.05) is 23.7 Å². The molecule has 0 aromatic heterocycles. The van der Waals surface area contributed by atoms with Gasteiger partial charge in [0.15, 0.2) is 10.9 Å². The molecule has 0 aliphatic heterocycles. The Labute approximate surface area is 128 Å². The summed E-state index contributed by atoms with van der Waals surface area (Å²) in [7, 11) is 0. The summed E-state index contributed by atoms with van der Waals surface area (Å²) in [5, 5.41) is 6.18. The predicted molar refractivity (Wildman–Crippen MR) is 87.2 cm³/mol. The molecule has 0 aliphatic carbocycles. The Hall–Kier alpha value is -1.65. The zero-order chi connectivity index (χ0) is 14.7. The number of anilines is 2. The minimum Gasteiger partial charge on any atom is -0.332 e. The first-order chi connectivity index (χ1) is 9.47. The van der Waals surface area contributed by atoms with Crippen LogP contribution in [0.25, 0.3) is 0 Å². The number of hydrogen-bond donors (Lipinski definition) is 2.